The van der Waals surface area contributed by atoms with Gasteiger partial charge >= 0.3 is 0 Å². The lowest BCUT2D eigenvalue weighted by molar-refractivity contribution is 0.0996. The molecule has 94 valence electrons. The third kappa shape index (κ3) is 1.97. The fraction of sp³-hybridized carbons (Fsp3) is 0.182. The molecule has 1 amide bonds. The van der Waals surface area contributed by atoms with Gasteiger partial charge in [-0.15, -0.1) is 0 Å². The van der Waals surface area contributed by atoms with Crippen molar-refractivity contribution in [3.63, 3.8) is 0 Å². The number of carbonyl (C=O) groups is 1. The molecule has 0 aliphatic carbocycles. The van der Waals surface area contributed by atoms with E-state index in [1.54, 1.807) is 25.3 Å². The van der Waals surface area contributed by atoms with E-state index in [1.165, 1.54) is 7.11 Å². The Morgan fingerprint density at radius 2 is 1.94 bits per heavy atom. The first-order valence-electron chi connectivity index (χ1n) is 5.10. The normalized spacial score (nSPS) is 10.1. The molecule has 0 radical (unpaired) electrons. The van der Waals surface area contributed by atoms with Crippen molar-refractivity contribution in [1.82, 2.24) is 15.4 Å². The van der Waals surface area contributed by atoms with Crippen molar-refractivity contribution < 1.29 is 14.3 Å². The predicted molar refractivity (Wildman–Crippen MR) is 63.4 cm³/mol. The van der Waals surface area contributed by atoms with Gasteiger partial charge in [-0.25, -0.2) is 0 Å². The summed E-state index contributed by atoms with van der Waals surface area (Å²) in [4.78, 5) is 11.2. The first kappa shape index (κ1) is 11.9. The van der Waals surface area contributed by atoms with Crippen LogP contribution in [0.1, 0.15) is 10.5 Å². The Hall–Kier alpha value is -2.57. The summed E-state index contributed by atoms with van der Waals surface area (Å²) >= 11 is 0. The fourth-order valence-corrected chi connectivity index (χ4v) is 1.59. The molecule has 1 aromatic heterocycles. The minimum absolute atomic E-state index is 0.0854. The standard InChI is InChI=1S/C11H12N4O3/c1-17-7-4-3-6(5-8(7)18-2)9-10(11(12)16)14-15-13-9/h3-5H,1-2H3,(H2,12,16)(H,13,14,15). The number of nitrogens with two attached hydrogens (primary N) is 1. The minimum atomic E-state index is -0.645. The lowest BCUT2D eigenvalue weighted by Crippen LogP contribution is -2.12. The van der Waals surface area contributed by atoms with Gasteiger partial charge in [0.25, 0.3) is 5.91 Å². The lowest BCUT2D eigenvalue weighted by Gasteiger charge is -2.08. The number of H-pyrrole nitrogens is 1. The second kappa shape index (κ2) is 4.74. The van der Waals surface area contributed by atoms with Crippen molar-refractivity contribution in [2.75, 3.05) is 14.2 Å². The Morgan fingerprint density at radius 3 is 2.56 bits per heavy atom. The summed E-state index contributed by atoms with van der Waals surface area (Å²) in [5, 5.41) is 9.98. The molecule has 0 fully saturated rings. The average molecular weight is 248 g/mol. The Morgan fingerprint density at radius 1 is 1.22 bits per heavy atom. The molecule has 1 aromatic carbocycles. The summed E-state index contributed by atoms with van der Waals surface area (Å²) in [6.07, 6.45) is 0. The highest BCUT2D eigenvalue weighted by Crippen LogP contribution is 2.32. The van der Waals surface area contributed by atoms with Gasteiger partial charge < -0.3 is 15.2 Å². The van der Waals surface area contributed by atoms with Crippen LogP contribution in [-0.2, 0) is 0 Å². The van der Waals surface area contributed by atoms with Gasteiger partial charge in [0, 0.05) is 5.56 Å². The molecule has 7 nitrogen and oxygen atoms in total. The molecule has 2 rings (SSSR count). The largest absolute Gasteiger partial charge is 0.493 e. The molecule has 7 heteroatoms. The van der Waals surface area contributed by atoms with Crippen molar-refractivity contribution in [3.8, 4) is 22.8 Å². The summed E-state index contributed by atoms with van der Waals surface area (Å²) < 4.78 is 10.3. The number of aromatic amines is 1. The minimum Gasteiger partial charge on any atom is -0.493 e. The molecule has 0 spiro atoms. The van der Waals surface area contributed by atoms with Gasteiger partial charge in [-0.05, 0) is 18.2 Å². The number of benzene rings is 1. The summed E-state index contributed by atoms with van der Waals surface area (Å²) in [5.41, 5.74) is 6.33. The van der Waals surface area contributed by atoms with Gasteiger partial charge in [-0.1, -0.05) is 0 Å². The zero-order valence-corrected chi connectivity index (χ0v) is 9.93. The van der Waals surface area contributed by atoms with Gasteiger partial charge in [0.05, 0.1) is 14.2 Å². The van der Waals surface area contributed by atoms with Crippen LogP contribution >= 0.6 is 0 Å². The molecule has 18 heavy (non-hydrogen) atoms. The van der Waals surface area contributed by atoms with Crippen LogP contribution in [0.4, 0.5) is 0 Å². The highest BCUT2D eigenvalue weighted by Gasteiger charge is 2.16. The number of hydrogen-bond donors (Lipinski definition) is 2. The molecule has 0 bridgehead atoms. The van der Waals surface area contributed by atoms with Crippen LogP contribution in [0.2, 0.25) is 0 Å². The van der Waals surface area contributed by atoms with E-state index in [4.69, 9.17) is 15.2 Å². The third-order valence-electron chi connectivity index (χ3n) is 2.44. The van der Waals surface area contributed by atoms with E-state index in [-0.39, 0.29) is 5.69 Å². The second-order valence-corrected chi connectivity index (χ2v) is 3.45. The van der Waals surface area contributed by atoms with Crippen LogP contribution in [0.25, 0.3) is 11.3 Å². The average Bonchev–Trinajstić information content (AvgIpc) is 2.87. The molecule has 1 heterocycles. The van der Waals surface area contributed by atoms with Crippen LogP contribution < -0.4 is 15.2 Å². The summed E-state index contributed by atoms with van der Waals surface area (Å²) in [6, 6.07) is 5.16. The predicted octanol–water partition coefficient (Wildman–Crippen LogP) is 0.588. The molecule has 3 N–H and O–H groups in total. The molecule has 0 saturated heterocycles. The van der Waals surface area contributed by atoms with Crippen molar-refractivity contribution >= 4 is 5.91 Å². The maximum absolute atomic E-state index is 11.2. The van der Waals surface area contributed by atoms with E-state index < -0.39 is 5.91 Å². The van der Waals surface area contributed by atoms with Gasteiger partial charge in [0.15, 0.2) is 17.2 Å². The number of amides is 1. The second-order valence-electron chi connectivity index (χ2n) is 3.45. The summed E-state index contributed by atoms with van der Waals surface area (Å²) in [7, 11) is 3.07. The van der Waals surface area contributed by atoms with E-state index in [0.29, 0.717) is 22.8 Å². The maximum atomic E-state index is 11.2. The highest BCUT2D eigenvalue weighted by molar-refractivity contribution is 5.96. The maximum Gasteiger partial charge on any atom is 0.271 e. The van der Waals surface area contributed by atoms with Crippen LogP contribution in [0.3, 0.4) is 0 Å². The van der Waals surface area contributed by atoms with Gasteiger partial charge in [-0.3, -0.25) is 4.79 Å². The van der Waals surface area contributed by atoms with E-state index in [2.05, 4.69) is 15.4 Å². The molecule has 2 aromatic rings. The Kier molecular flexibility index (Phi) is 3.13. The smallest absolute Gasteiger partial charge is 0.271 e. The SMILES string of the molecule is COc1ccc(-c2n[nH]nc2C(N)=O)cc1OC. The zero-order valence-electron chi connectivity index (χ0n) is 9.93. The Balaban J connectivity index is 2.51. The molecular weight excluding hydrogens is 236 g/mol. The van der Waals surface area contributed by atoms with Crippen molar-refractivity contribution in [1.29, 1.82) is 0 Å². The van der Waals surface area contributed by atoms with E-state index in [9.17, 15) is 4.79 Å². The monoisotopic (exact) mass is 248 g/mol. The Labute approximate surface area is 103 Å². The number of primary amides is 1. The van der Waals surface area contributed by atoms with Crippen LogP contribution in [-0.4, -0.2) is 35.5 Å². The first-order chi connectivity index (χ1) is 8.67. The molecule has 0 unspecified atom stereocenters. The van der Waals surface area contributed by atoms with E-state index in [0.717, 1.165) is 0 Å². The van der Waals surface area contributed by atoms with Gasteiger partial charge in [0.2, 0.25) is 0 Å². The number of nitrogens with zero attached hydrogens (tertiary/aromatic N) is 2. The zero-order chi connectivity index (χ0) is 13.1. The molecule has 0 aliphatic heterocycles. The van der Waals surface area contributed by atoms with Crippen molar-refractivity contribution in [2.24, 2.45) is 5.73 Å². The fourth-order valence-electron chi connectivity index (χ4n) is 1.59. The van der Waals surface area contributed by atoms with Crippen molar-refractivity contribution in [3.05, 3.63) is 23.9 Å². The van der Waals surface area contributed by atoms with E-state index in [1.807, 2.05) is 0 Å². The number of nitrogens with one attached hydrogen (secondary N) is 1. The molecule has 0 atom stereocenters. The van der Waals surface area contributed by atoms with Gasteiger partial charge in [-0.2, -0.15) is 15.4 Å². The molecule has 0 saturated carbocycles. The first-order valence-corrected chi connectivity index (χ1v) is 5.10. The number of carbonyl (C=O) groups excluding carboxylic acids is 1. The molecular formula is C11H12N4O3. The third-order valence-corrected chi connectivity index (χ3v) is 2.44. The number of ether oxygens (including phenoxy) is 2. The van der Waals surface area contributed by atoms with Crippen LogP contribution in [0, 0.1) is 0 Å². The number of rotatable bonds is 4. The Bertz CT molecular complexity index is 579. The topological polar surface area (TPSA) is 103 Å². The highest BCUT2D eigenvalue weighted by atomic mass is 16.5. The summed E-state index contributed by atoms with van der Waals surface area (Å²) in [6.45, 7) is 0. The van der Waals surface area contributed by atoms with Gasteiger partial charge in [0.1, 0.15) is 5.69 Å². The lowest BCUT2D eigenvalue weighted by atomic mass is 10.1. The summed E-state index contributed by atoms with van der Waals surface area (Å²) in [5.74, 6) is 0.479. The van der Waals surface area contributed by atoms with Crippen LogP contribution in [0.15, 0.2) is 18.2 Å². The molecule has 0 aliphatic rings. The number of hydrogen-bond acceptors (Lipinski definition) is 5. The van der Waals surface area contributed by atoms with E-state index >= 15 is 0 Å². The van der Waals surface area contributed by atoms with Crippen molar-refractivity contribution in [2.45, 2.75) is 0 Å². The number of aromatic nitrogens is 3. The quantitative estimate of drug-likeness (QED) is 0.824. The van der Waals surface area contributed by atoms with Crippen LogP contribution in [0.5, 0.6) is 11.5 Å². The number of methoxy groups -OCH3 is 2.